The number of hydrogen-bond acceptors (Lipinski definition) is 2. The Morgan fingerprint density at radius 2 is 1.81 bits per heavy atom. The van der Waals surface area contributed by atoms with E-state index in [1.165, 1.54) is 12.1 Å². The Balaban J connectivity index is 1.72. The summed E-state index contributed by atoms with van der Waals surface area (Å²) in [7, 11) is 2.13. The van der Waals surface area contributed by atoms with Crippen molar-refractivity contribution in [3.8, 4) is 0 Å². The average molecular weight is 290 g/mol. The summed E-state index contributed by atoms with van der Waals surface area (Å²) in [5, 5.41) is 0. The molecule has 1 heterocycles. The molecular formula is C17H23FN2O. The van der Waals surface area contributed by atoms with Crippen LogP contribution in [0.25, 0.3) is 0 Å². The normalized spacial score (nSPS) is 20.5. The van der Waals surface area contributed by atoms with Gasteiger partial charge in [-0.2, -0.15) is 0 Å². The second-order valence-corrected chi connectivity index (χ2v) is 6.40. The number of likely N-dealkylation sites (tertiary alicyclic amines) is 1. The van der Waals surface area contributed by atoms with E-state index in [-0.39, 0.29) is 11.7 Å². The number of carbonyl (C=O) groups is 1. The molecule has 1 saturated carbocycles. The zero-order valence-electron chi connectivity index (χ0n) is 12.6. The van der Waals surface area contributed by atoms with Crippen molar-refractivity contribution >= 4 is 5.91 Å². The number of amides is 1. The molecule has 1 amide bonds. The van der Waals surface area contributed by atoms with Crippen LogP contribution in [0.5, 0.6) is 0 Å². The quantitative estimate of drug-likeness (QED) is 0.851. The van der Waals surface area contributed by atoms with Crippen LogP contribution in [-0.4, -0.2) is 41.9 Å². The lowest BCUT2D eigenvalue weighted by Gasteiger charge is -2.37. The van der Waals surface area contributed by atoms with Crippen LogP contribution in [0.1, 0.15) is 31.2 Å². The monoisotopic (exact) mass is 290 g/mol. The van der Waals surface area contributed by atoms with Crippen molar-refractivity contribution < 1.29 is 9.18 Å². The van der Waals surface area contributed by atoms with Crippen LogP contribution in [0.4, 0.5) is 4.39 Å². The van der Waals surface area contributed by atoms with Gasteiger partial charge < -0.3 is 9.80 Å². The van der Waals surface area contributed by atoms with Crippen molar-refractivity contribution in [3.63, 3.8) is 0 Å². The van der Waals surface area contributed by atoms with Crippen molar-refractivity contribution in [2.45, 2.75) is 38.3 Å². The zero-order chi connectivity index (χ0) is 14.8. The average Bonchev–Trinajstić information content (AvgIpc) is 3.32. The Morgan fingerprint density at radius 1 is 1.19 bits per heavy atom. The molecule has 0 N–H and O–H groups in total. The molecule has 21 heavy (non-hydrogen) atoms. The molecule has 114 valence electrons. The highest BCUT2D eigenvalue weighted by atomic mass is 19.1. The molecule has 1 aromatic rings. The topological polar surface area (TPSA) is 23.6 Å². The molecule has 0 bridgehead atoms. The molecule has 4 heteroatoms. The molecule has 1 aromatic carbocycles. The second kappa shape index (κ2) is 6.14. The number of rotatable bonds is 4. The first-order valence-electron chi connectivity index (χ1n) is 7.87. The highest BCUT2D eigenvalue weighted by molar-refractivity contribution is 5.81. The molecule has 1 saturated heterocycles. The minimum absolute atomic E-state index is 0.224. The predicted octanol–water partition coefficient (Wildman–Crippen LogP) is 2.66. The van der Waals surface area contributed by atoms with E-state index in [1.807, 2.05) is 0 Å². The first kappa shape index (κ1) is 14.5. The number of benzene rings is 1. The van der Waals surface area contributed by atoms with E-state index in [1.54, 1.807) is 12.1 Å². The lowest BCUT2D eigenvalue weighted by atomic mass is 10.0. The largest absolute Gasteiger partial charge is 0.335 e. The van der Waals surface area contributed by atoms with Gasteiger partial charge in [-0.05, 0) is 63.5 Å². The SMILES string of the molecule is CN1CCC(N(Cc2ccc(F)cc2)C(=O)C2CC2)CC1. The standard InChI is InChI=1S/C17H23FN2O/c1-19-10-8-16(9-11-19)20(17(21)14-4-5-14)12-13-2-6-15(18)7-3-13/h2-3,6-7,14,16H,4-5,8-12H2,1H3. The van der Waals surface area contributed by atoms with E-state index >= 15 is 0 Å². The maximum Gasteiger partial charge on any atom is 0.226 e. The summed E-state index contributed by atoms with van der Waals surface area (Å²) in [6, 6.07) is 6.86. The van der Waals surface area contributed by atoms with Gasteiger partial charge in [0.2, 0.25) is 5.91 Å². The van der Waals surface area contributed by atoms with Gasteiger partial charge in [0.05, 0.1) is 0 Å². The molecule has 2 fully saturated rings. The Morgan fingerprint density at radius 3 is 2.38 bits per heavy atom. The third kappa shape index (κ3) is 3.62. The van der Waals surface area contributed by atoms with Crippen molar-refractivity contribution in [3.05, 3.63) is 35.6 Å². The Bertz CT molecular complexity index is 490. The summed E-state index contributed by atoms with van der Waals surface area (Å²) in [6.07, 6.45) is 4.14. The zero-order valence-corrected chi connectivity index (χ0v) is 12.6. The first-order valence-corrected chi connectivity index (χ1v) is 7.87. The lowest BCUT2D eigenvalue weighted by Crippen LogP contribution is -2.46. The first-order chi connectivity index (χ1) is 10.1. The molecule has 1 aliphatic heterocycles. The van der Waals surface area contributed by atoms with Gasteiger partial charge in [-0.3, -0.25) is 4.79 Å². The third-order valence-corrected chi connectivity index (χ3v) is 4.60. The van der Waals surface area contributed by atoms with Crippen LogP contribution in [0.15, 0.2) is 24.3 Å². The van der Waals surface area contributed by atoms with Gasteiger partial charge in [0.1, 0.15) is 5.82 Å². The third-order valence-electron chi connectivity index (χ3n) is 4.60. The van der Waals surface area contributed by atoms with Gasteiger partial charge in [-0.1, -0.05) is 12.1 Å². The van der Waals surface area contributed by atoms with Crippen LogP contribution in [-0.2, 0) is 11.3 Å². The summed E-state index contributed by atoms with van der Waals surface area (Å²) in [4.78, 5) is 17.0. The van der Waals surface area contributed by atoms with Crippen molar-refractivity contribution in [2.24, 2.45) is 5.92 Å². The molecular weight excluding hydrogens is 267 g/mol. The van der Waals surface area contributed by atoms with Crippen LogP contribution >= 0.6 is 0 Å². The molecule has 0 aromatic heterocycles. The molecule has 0 atom stereocenters. The highest BCUT2D eigenvalue weighted by Gasteiger charge is 2.36. The van der Waals surface area contributed by atoms with Crippen LogP contribution in [0.3, 0.4) is 0 Å². The van der Waals surface area contributed by atoms with E-state index in [0.29, 0.717) is 18.5 Å². The number of halogens is 1. The lowest BCUT2D eigenvalue weighted by molar-refractivity contribution is -0.136. The fourth-order valence-corrected chi connectivity index (χ4v) is 3.04. The fraction of sp³-hybridized carbons (Fsp3) is 0.588. The Labute approximate surface area is 125 Å². The second-order valence-electron chi connectivity index (χ2n) is 6.40. The molecule has 3 nitrogen and oxygen atoms in total. The van der Waals surface area contributed by atoms with Crippen molar-refractivity contribution in [1.82, 2.24) is 9.80 Å². The number of piperidine rings is 1. The van der Waals surface area contributed by atoms with Gasteiger partial charge in [0.25, 0.3) is 0 Å². The van der Waals surface area contributed by atoms with E-state index < -0.39 is 0 Å². The van der Waals surface area contributed by atoms with E-state index in [9.17, 15) is 9.18 Å². The van der Waals surface area contributed by atoms with Crippen molar-refractivity contribution in [1.29, 1.82) is 0 Å². The maximum atomic E-state index is 13.0. The van der Waals surface area contributed by atoms with Gasteiger partial charge in [-0.25, -0.2) is 4.39 Å². The minimum atomic E-state index is -0.224. The highest BCUT2D eigenvalue weighted by Crippen LogP contribution is 2.33. The van der Waals surface area contributed by atoms with Gasteiger partial charge in [0, 0.05) is 18.5 Å². The molecule has 1 aliphatic carbocycles. The Kier molecular flexibility index (Phi) is 4.24. The minimum Gasteiger partial charge on any atom is -0.335 e. The number of hydrogen-bond donors (Lipinski definition) is 0. The number of nitrogens with zero attached hydrogens (tertiary/aromatic N) is 2. The van der Waals surface area contributed by atoms with Gasteiger partial charge in [0.15, 0.2) is 0 Å². The predicted molar refractivity (Wildman–Crippen MR) is 80.2 cm³/mol. The summed E-state index contributed by atoms with van der Waals surface area (Å²) >= 11 is 0. The van der Waals surface area contributed by atoms with E-state index in [4.69, 9.17) is 0 Å². The summed E-state index contributed by atoms with van der Waals surface area (Å²) in [5.74, 6) is 0.317. The van der Waals surface area contributed by atoms with Crippen molar-refractivity contribution in [2.75, 3.05) is 20.1 Å². The molecule has 0 radical (unpaired) electrons. The van der Waals surface area contributed by atoms with Crippen LogP contribution < -0.4 is 0 Å². The van der Waals surface area contributed by atoms with Gasteiger partial charge >= 0.3 is 0 Å². The maximum absolute atomic E-state index is 13.0. The van der Waals surface area contributed by atoms with Gasteiger partial charge in [-0.15, -0.1) is 0 Å². The summed E-state index contributed by atoms with van der Waals surface area (Å²) in [5.41, 5.74) is 1.02. The van der Waals surface area contributed by atoms with Crippen LogP contribution in [0, 0.1) is 11.7 Å². The molecule has 0 unspecified atom stereocenters. The Hall–Kier alpha value is -1.42. The summed E-state index contributed by atoms with van der Waals surface area (Å²) in [6.45, 7) is 2.70. The van der Waals surface area contributed by atoms with E-state index in [0.717, 1.165) is 44.3 Å². The molecule has 0 spiro atoms. The number of carbonyl (C=O) groups excluding carboxylic acids is 1. The molecule has 3 rings (SSSR count). The fourth-order valence-electron chi connectivity index (χ4n) is 3.04. The van der Waals surface area contributed by atoms with E-state index in [2.05, 4.69) is 16.8 Å². The summed E-state index contributed by atoms with van der Waals surface area (Å²) < 4.78 is 13.0. The smallest absolute Gasteiger partial charge is 0.226 e. The van der Waals surface area contributed by atoms with Crippen LogP contribution in [0.2, 0.25) is 0 Å². The molecule has 2 aliphatic rings.